The highest BCUT2D eigenvalue weighted by molar-refractivity contribution is 5.66. The second kappa shape index (κ2) is 7.81. The molecule has 0 aliphatic carbocycles. The number of hydrogen-bond donors (Lipinski definition) is 4. The quantitative estimate of drug-likeness (QED) is 0.407. The van der Waals surface area contributed by atoms with Crippen LogP contribution in [0.15, 0.2) is 49.1 Å². The van der Waals surface area contributed by atoms with Gasteiger partial charge in [0.05, 0.1) is 54.0 Å². The van der Waals surface area contributed by atoms with Crippen LogP contribution in [0, 0.1) is 0 Å². The van der Waals surface area contributed by atoms with Crippen molar-refractivity contribution < 1.29 is 0 Å². The summed E-state index contributed by atoms with van der Waals surface area (Å²) in [5.41, 5.74) is 11.4. The molecule has 0 saturated carbocycles. The van der Waals surface area contributed by atoms with Crippen LogP contribution in [0.25, 0.3) is 33.9 Å². The van der Waals surface area contributed by atoms with Gasteiger partial charge in [-0.3, -0.25) is 9.97 Å². The van der Waals surface area contributed by atoms with Crippen LogP contribution in [0.2, 0.25) is 0 Å². The van der Waals surface area contributed by atoms with E-state index < -0.39 is 0 Å². The molecule has 0 radical (unpaired) electrons. The number of imidazole rings is 2. The SMILES string of the molecule is C[C@H](N)c1ncc(-c2ccc(-c3cnc(-c4cnc([C@H]5CCCN5)[nH]4)cn3)cc2)[nH]1. The molecule has 1 aromatic carbocycles. The van der Waals surface area contributed by atoms with Crippen molar-refractivity contribution in [3.05, 3.63) is 60.7 Å². The summed E-state index contributed by atoms with van der Waals surface area (Å²) in [5, 5.41) is 3.45. The predicted octanol–water partition coefficient (Wildman–Crippen LogP) is 3.37. The first-order valence-corrected chi connectivity index (χ1v) is 10.2. The fourth-order valence-electron chi connectivity index (χ4n) is 3.71. The third kappa shape index (κ3) is 3.62. The minimum Gasteiger partial charge on any atom is -0.341 e. The van der Waals surface area contributed by atoms with Gasteiger partial charge in [0.1, 0.15) is 17.3 Å². The molecular formula is C22H24N8. The van der Waals surface area contributed by atoms with Crippen molar-refractivity contribution in [2.24, 2.45) is 5.73 Å². The lowest BCUT2D eigenvalue weighted by atomic mass is 10.1. The molecule has 3 aromatic heterocycles. The first-order chi connectivity index (χ1) is 14.7. The normalized spacial score (nSPS) is 17.3. The Hall–Kier alpha value is -3.36. The first kappa shape index (κ1) is 18.7. The topological polar surface area (TPSA) is 121 Å². The minimum atomic E-state index is -0.118. The Morgan fingerprint density at radius 3 is 2.27 bits per heavy atom. The number of aromatic nitrogens is 6. The van der Waals surface area contributed by atoms with E-state index in [2.05, 4.69) is 35.2 Å². The van der Waals surface area contributed by atoms with Gasteiger partial charge in [-0.1, -0.05) is 24.3 Å². The van der Waals surface area contributed by atoms with E-state index >= 15 is 0 Å². The molecule has 4 heterocycles. The van der Waals surface area contributed by atoms with E-state index in [1.54, 1.807) is 12.4 Å². The van der Waals surface area contributed by atoms with Crippen LogP contribution in [0.1, 0.15) is 43.5 Å². The van der Waals surface area contributed by atoms with Crippen LogP contribution in [-0.2, 0) is 0 Å². The van der Waals surface area contributed by atoms with Crippen molar-refractivity contribution >= 4 is 0 Å². The molecule has 0 unspecified atom stereocenters. The number of nitrogens with zero attached hydrogens (tertiary/aromatic N) is 4. The maximum absolute atomic E-state index is 5.87. The molecular weight excluding hydrogens is 376 g/mol. The lowest BCUT2D eigenvalue weighted by Crippen LogP contribution is -2.14. The molecule has 30 heavy (non-hydrogen) atoms. The molecule has 0 spiro atoms. The van der Waals surface area contributed by atoms with Crippen LogP contribution in [-0.4, -0.2) is 36.4 Å². The zero-order valence-electron chi connectivity index (χ0n) is 16.8. The maximum atomic E-state index is 5.87. The number of benzene rings is 1. The van der Waals surface area contributed by atoms with E-state index in [0.29, 0.717) is 6.04 Å². The average molecular weight is 400 g/mol. The summed E-state index contributed by atoms with van der Waals surface area (Å²) in [6.07, 6.45) is 9.51. The Morgan fingerprint density at radius 1 is 0.867 bits per heavy atom. The Labute approximate surface area is 174 Å². The van der Waals surface area contributed by atoms with Crippen molar-refractivity contribution in [1.82, 2.24) is 35.2 Å². The molecule has 8 heteroatoms. The molecule has 5 N–H and O–H groups in total. The first-order valence-electron chi connectivity index (χ1n) is 10.2. The van der Waals surface area contributed by atoms with Crippen LogP contribution < -0.4 is 11.1 Å². The summed E-state index contributed by atoms with van der Waals surface area (Å²) in [7, 11) is 0. The molecule has 0 amide bonds. The lowest BCUT2D eigenvalue weighted by molar-refractivity contribution is 0.613. The fourth-order valence-corrected chi connectivity index (χ4v) is 3.71. The lowest BCUT2D eigenvalue weighted by Gasteiger charge is -2.06. The van der Waals surface area contributed by atoms with Crippen LogP contribution >= 0.6 is 0 Å². The molecule has 4 aromatic rings. The molecule has 1 fully saturated rings. The van der Waals surface area contributed by atoms with E-state index in [1.165, 1.54) is 6.42 Å². The van der Waals surface area contributed by atoms with E-state index in [-0.39, 0.29) is 6.04 Å². The largest absolute Gasteiger partial charge is 0.341 e. The summed E-state index contributed by atoms with van der Waals surface area (Å²) in [4.78, 5) is 24.6. The third-order valence-corrected chi connectivity index (χ3v) is 5.43. The Bertz CT molecular complexity index is 1120. The van der Waals surface area contributed by atoms with Gasteiger partial charge in [-0.25, -0.2) is 9.97 Å². The van der Waals surface area contributed by atoms with Crippen molar-refractivity contribution in [3.8, 4) is 33.9 Å². The monoisotopic (exact) mass is 400 g/mol. The van der Waals surface area contributed by atoms with Crippen molar-refractivity contribution in [2.45, 2.75) is 31.8 Å². The number of nitrogens with two attached hydrogens (primary N) is 1. The highest BCUT2D eigenvalue weighted by atomic mass is 15.0. The van der Waals surface area contributed by atoms with Gasteiger partial charge in [-0.15, -0.1) is 0 Å². The molecule has 1 saturated heterocycles. The van der Waals surface area contributed by atoms with Gasteiger partial charge in [-0.2, -0.15) is 0 Å². The second-order valence-electron chi connectivity index (χ2n) is 7.67. The summed E-state index contributed by atoms with van der Waals surface area (Å²) >= 11 is 0. The number of aromatic amines is 2. The Kier molecular flexibility index (Phi) is 4.86. The second-order valence-corrected chi connectivity index (χ2v) is 7.67. The number of nitrogens with one attached hydrogen (secondary N) is 3. The van der Waals surface area contributed by atoms with Crippen molar-refractivity contribution in [3.63, 3.8) is 0 Å². The van der Waals surface area contributed by atoms with Gasteiger partial charge >= 0.3 is 0 Å². The molecule has 152 valence electrons. The fraction of sp³-hybridized carbons (Fsp3) is 0.273. The van der Waals surface area contributed by atoms with Crippen LogP contribution in [0.3, 0.4) is 0 Å². The summed E-state index contributed by atoms with van der Waals surface area (Å²) in [6.45, 7) is 2.95. The van der Waals surface area contributed by atoms with E-state index in [9.17, 15) is 0 Å². The molecule has 5 rings (SSSR count). The van der Waals surface area contributed by atoms with E-state index in [0.717, 1.165) is 58.5 Å². The molecule has 1 aliphatic heterocycles. The van der Waals surface area contributed by atoms with Gasteiger partial charge in [0.15, 0.2) is 0 Å². The van der Waals surface area contributed by atoms with Crippen molar-refractivity contribution in [1.29, 1.82) is 0 Å². The molecule has 1 aliphatic rings. The smallest absolute Gasteiger partial charge is 0.123 e. The molecule has 8 nitrogen and oxygen atoms in total. The standard InChI is InChI=1S/C22H24N8/c1-13(23)21-27-10-18(29-21)15-6-4-14(5-7-15)17-9-26-19(11-25-17)20-12-28-22(30-20)16-3-2-8-24-16/h4-7,9-13,16,24H,2-3,8,23H2,1H3,(H,27,29)(H,28,30)/t13-,16+/m0/s1. The highest BCUT2D eigenvalue weighted by Crippen LogP contribution is 2.25. The highest BCUT2D eigenvalue weighted by Gasteiger charge is 2.19. The van der Waals surface area contributed by atoms with Gasteiger partial charge in [0.25, 0.3) is 0 Å². The van der Waals surface area contributed by atoms with Crippen molar-refractivity contribution in [2.75, 3.05) is 6.54 Å². The van der Waals surface area contributed by atoms with Gasteiger partial charge in [0.2, 0.25) is 0 Å². The van der Waals surface area contributed by atoms with Gasteiger partial charge in [0, 0.05) is 5.56 Å². The molecule has 2 atom stereocenters. The van der Waals surface area contributed by atoms with Gasteiger partial charge in [-0.05, 0) is 31.9 Å². The van der Waals surface area contributed by atoms with Crippen LogP contribution in [0.5, 0.6) is 0 Å². The summed E-state index contributed by atoms with van der Waals surface area (Å²) in [6, 6.07) is 8.34. The minimum absolute atomic E-state index is 0.118. The van der Waals surface area contributed by atoms with Gasteiger partial charge < -0.3 is 21.0 Å². The number of hydrogen-bond acceptors (Lipinski definition) is 6. The zero-order valence-corrected chi connectivity index (χ0v) is 16.8. The number of H-pyrrole nitrogens is 2. The summed E-state index contributed by atoms with van der Waals surface area (Å²) in [5.74, 6) is 1.75. The zero-order chi connectivity index (χ0) is 20.5. The Morgan fingerprint density at radius 2 is 1.60 bits per heavy atom. The van der Waals surface area contributed by atoms with Crippen LogP contribution in [0.4, 0.5) is 0 Å². The average Bonchev–Trinajstić information content (AvgIpc) is 3.55. The Balaban J connectivity index is 1.32. The molecule has 0 bridgehead atoms. The maximum Gasteiger partial charge on any atom is 0.123 e. The van der Waals surface area contributed by atoms with E-state index in [4.69, 9.17) is 5.73 Å². The predicted molar refractivity (Wildman–Crippen MR) is 115 cm³/mol. The number of rotatable bonds is 5. The van der Waals surface area contributed by atoms with E-state index in [1.807, 2.05) is 43.6 Å². The summed E-state index contributed by atoms with van der Waals surface area (Å²) < 4.78 is 0. The third-order valence-electron chi connectivity index (χ3n) is 5.43.